The van der Waals surface area contributed by atoms with Gasteiger partial charge in [-0.3, -0.25) is 4.79 Å². The molecular weight excluding hydrogens is 284 g/mol. The third-order valence-corrected chi connectivity index (χ3v) is 8.60. The highest BCUT2D eigenvalue weighted by Crippen LogP contribution is 2.66. The van der Waals surface area contributed by atoms with Crippen molar-refractivity contribution >= 4 is 5.78 Å². The van der Waals surface area contributed by atoms with E-state index >= 15 is 0 Å². The number of Topliss-reactive ketones (excluding diaryl/α,β-unsaturated/α-hetero) is 1. The van der Waals surface area contributed by atoms with Gasteiger partial charge in [-0.05, 0) is 98.4 Å². The lowest BCUT2D eigenvalue weighted by Gasteiger charge is -2.60. The Bertz CT molecular complexity index is 550. The van der Waals surface area contributed by atoms with Crippen LogP contribution in [0.25, 0.3) is 0 Å². The predicted molar refractivity (Wildman–Crippen MR) is 91.9 cm³/mol. The third-order valence-electron chi connectivity index (χ3n) is 8.60. The van der Waals surface area contributed by atoms with Gasteiger partial charge in [-0.25, -0.2) is 0 Å². The van der Waals surface area contributed by atoms with Gasteiger partial charge in [0.2, 0.25) is 0 Å². The second kappa shape index (κ2) is 5.18. The van der Waals surface area contributed by atoms with E-state index in [1.807, 2.05) is 0 Å². The number of carbonyl (C=O) groups is 1. The van der Waals surface area contributed by atoms with Crippen molar-refractivity contribution in [3.05, 3.63) is 11.6 Å². The van der Waals surface area contributed by atoms with Gasteiger partial charge in [0, 0.05) is 0 Å². The molecule has 1 unspecified atom stereocenters. The number of aliphatic hydroxyl groups excluding tert-OH is 1. The molecular formula is C21H32O2. The summed E-state index contributed by atoms with van der Waals surface area (Å²) in [4.78, 5) is 12.1. The molecule has 4 rings (SSSR count). The summed E-state index contributed by atoms with van der Waals surface area (Å²) >= 11 is 0. The molecule has 0 bridgehead atoms. The molecule has 1 N–H and O–H groups in total. The number of carbonyl (C=O) groups excluding carboxylic acids is 1. The maximum Gasteiger partial charge on any atom is 0.156 e. The van der Waals surface area contributed by atoms with E-state index in [1.165, 1.54) is 32.1 Å². The molecule has 2 nitrogen and oxygen atoms in total. The highest BCUT2D eigenvalue weighted by molar-refractivity contribution is 5.95. The zero-order valence-electron chi connectivity index (χ0n) is 15.0. The Labute approximate surface area is 140 Å². The fraction of sp³-hybridized carbons (Fsp3) is 0.857. The SMILES string of the molecule is CC(=O)C1=CC[C@H]2[C@@H]3CCC4C[C@@H](O)CC[C@]4(C)[C@H]3CC[C@]12C. The molecule has 0 amide bonds. The highest BCUT2D eigenvalue weighted by atomic mass is 16.3. The summed E-state index contributed by atoms with van der Waals surface area (Å²) in [5, 5.41) is 10.1. The van der Waals surface area contributed by atoms with Gasteiger partial charge < -0.3 is 5.11 Å². The molecule has 0 heterocycles. The first-order chi connectivity index (χ1) is 10.9. The zero-order valence-corrected chi connectivity index (χ0v) is 15.0. The van der Waals surface area contributed by atoms with Gasteiger partial charge in [-0.2, -0.15) is 0 Å². The Morgan fingerprint density at radius 2 is 1.91 bits per heavy atom. The van der Waals surface area contributed by atoms with Crippen molar-refractivity contribution < 1.29 is 9.90 Å². The summed E-state index contributed by atoms with van der Waals surface area (Å²) in [6, 6.07) is 0. The predicted octanol–water partition coefficient (Wildman–Crippen LogP) is 4.52. The molecule has 4 aliphatic carbocycles. The van der Waals surface area contributed by atoms with Crippen molar-refractivity contribution in [2.24, 2.45) is 34.5 Å². The van der Waals surface area contributed by atoms with Crippen LogP contribution in [-0.2, 0) is 4.79 Å². The molecule has 3 saturated carbocycles. The monoisotopic (exact) mass is 316 g/mol. The summed E-state index contributed by atoms with van der Waals surface area (Å²) in [5.41, 5.74) is 1.71. The number of aliphatic hydroxyl groups is 1. The molecule has 7 atom stereocenters. The maximum atomic E-state index is 12.1. The van der Waals surface area contributed by atoms with Crippen molar-refractivity contribution in [3.8, 4) is 0 Å². The van der Waals surface area contributed by atoms with Crippen LogP contribution in [0.1, 0.15) is 72.1 Å². The standard InChI is InChI=1S/C21H32O2/c1-13(22)17-6-7-18-16-5-4-14-12-15(23)8-10-20(14,2)19(16)9-11-21(17,18)3/h6,14-16,18-19,23H,4-5,7-12H2,1-3H3/t14?,15-,16-,18-,19-,20-,21+/m0/s1. The highest BCUT2D eigenvalue weighted by Gasteiger charge is 2.58. The molecule has 0 saturated heterocycles. The van der Waals surface area contributed by atoms with Crippen molar-refractivity contribution in [1.82, 2.24) is 0 Å². The third kappa shape index (κ3) is 2.13. The average molecular weight is 316 g/mol. The second-order valence-electron chi connectivity index (χ2n) is 9.45. The van der Waals surface area contributed by atoms with Crippen LogP contribution in [0.5, 0.6) is 0 Å². The molecule has 0 aromatic rings. The molecule has 0 spiro atoms. The van der Waals surface area contributed by atoms with E-state index < -0.39 is 0 Å². The molecule has 128 valence electrons. The first kappa shape index (κ1) is 15.9. The summed E-state index contributed by atoms with van der Waals surface area (Å²) < 4.78 is 0. The molecule has 23 heavy (non-hydrogen) atoms. The quantitative estimate of drug-likeness (QED) is 0.772. The zero-order chi connectivity index (χ0) is 16.4. The van der Waals surface area contributed by atoms with Crippen molar-refractivity contribution in [3.63, 3.8) is 0 Å². The van der Waals surface area contributed by atoms with Crippen LogP contribution >= 0.6 is 0 Å². The number of allylic oxidation sites excluding steroid dienone is 2. The average Bonchev–Trinajstić information content (AvgIpc) is 2.85. The summed E-state index contributed by atoms with van der Waals surface area (Å²) in [7, 11) is 0. The van der Waals surface area contributed by atoms with Crippen LogP contribution in [0, 0.1) is 34.5 Å². The Hall–Kier alpha value is -0.630. The largest absolute Gasteiger partial charge is 0.393 e. The van der Waals surface area contributed by atoms with E-state index in [0.717, 1.165) is 42.6 Å². The van der Waals surface area contributed by atoms with Crippen LogP contribution in [0.15, 0.2) is 11.6 Å². The van der Waals surface area contributed by atoms with Gasteiger partial charge >= 0.3 is 0 Å². The van der Waals surface area contributed by atoms with Crippen molar-refractivity contribution in [2.45, 2.75) is 78.2 Å². The molecule has 0 aromatic heterocycles. The minimum atomic E-state index is -0.0593. The number of hydrogen-bond donors (Lipinski definition) is 1. The van der Waals surface area contributed by atoms with Gasteiger partial charge in [0.15, 0.2) is 5.78 Å². The van der Waals surface area contributed by atoms with Crippen LogP contribution in [0.3, 0.4) is 0 Å². The number of hydrogen-bond acceptors (Lipinski definition) is 2. The fourth-order valence-electron chi connectivity index (χ4n) is 7.35. The van der Waals surface area contributed by atoms with E-state index in [9.17, 15) is 9.90 Å². The molecule has 4 aliphatic rings. The fourth-order valence-corrected chi connectivity index (χ4v) is 7.35. The van der Waals surface area contributed by atoms with E-state index in [-0.39, 0.29) is 11.5 Å². The topological polar surface area (TPSA) is 37.3 Å². The van der Waals surface area contributed by atoms with Gasteiger partial charge in [0.25, 0.3) is 0 Å². The molecule has 0 radical (unpaired) electrons. The van der Waals surface area contributed by atoms with Crippen LogP contribution in [-0.4, -0.2) is 17.0 Å². The molecule has 0 aliphatic heterocycles. The lowest BCUT2D eigenvalue weighted by Crippen LogP contribution is -2.53. The van der Waals surface area contributed by atoms with Crippen molar-refractivity contribution in [2.75, 3.05) is 0 Å². The van der Waals surface area contributed by atoms with Gasteiger partial charge in [0.05, 0.1) is 6.10 Å². The maximum absolute atomic E-state index is 12.1. The number of rotatable bonds is 1. The van der Waals surface area contributed by atoms with Gasteiger partial charge in [-0.1, -0.05) is 19.9 Å². The summed E-state index contributed by atoms with van der Waals surface area (Å²) in [5.74, 6) is 3.31. The minimum Gasteiger partial charge on any atom is -0.393 e. The Morgan fingerprint density at radius 3 is 2.65 bits per heavy atom. The van der Waals surface area contributed by atoms with Crippen LogP contribution < -0.4 is 0 Å². The Balaban J connectivity index is 1.62. The molecule has 2 heteroatoms. The van der Waals surface area contributed by atoms with E-state index in [2.05, 4.69) is 19.9 Å². The minimum absolute atomic E-state index is 0.0593. The van der Waals surface area contributed by atoms with Crippen molar-refractivity contribution in [1.29, 1.82) is 0 Å². The smallest absolute Gasteiger partial charge is 0.156 e. The Morgan fingerprint density at radius 1 is 1.13 bits per heavy atom. The number of ketones is 1. The van der Waals surface area contributed by atoms with Gasteiger partial charge in [0.1, 0.15) is 0 Å². The normalized spacial score (nSPS) is 52.2. The van der Waals surface area contributed by atoms with E-state index in [1.54, 1.807) is 6.92 Å². The second-order valence-corrected chi connectivity index (χ2v) is 9.45. The van der Waals surface area contributed by atoms with Gasteiger partial charge in [-0.15, -0.1) is 0 Å². The van der Waals surface area contributed by atoms with Crippen LogP contribution in [0.4, 0.5) is 0 Å². The van der Waals surface area contributed by atoms with Crippen LogP contribution in [0.2, 0.25) is 0 Å². The number of fused-ring (bicyclic) bond motifs is 5. The molecule has 0 aromatic carbocycles. The first-order valence-electron chi connectivity index (χ1n) is 9.76. The first-order valence-corrected chi connectivity index (χ1v) is 9.76. The van der Waals surface area contributed by atoms with E-state index in [0.29, 0.717) is 17.1 Å². The lowest BCUT2D eigenvalue weighted by molar-refractivity contribution is -0.124. The lowest BCUT2D eigenvalue weighted by atomic mass is 9.44. The molecule has 3 fully saturated rings. The Kier molecular flexibility index (Phi) is 3.58. The summed E-state index contributed by atoms with van der Waals surface area (Å²) in [6.07, 6.45) is 11.6. The summed E-state index contributed by atoms with van der Waals surface area (Å²) in [6.45, 7) is 6.65. The van der Waals surface area contributed by atoms with E-state index in [4.69, 9.17) is 0 Å².